The summed E-state index contributed by atoms with van der Waals surface area (Å²) in [6, 6.07) is 3.55. The fourth-order valence-electron chi connectivity index (χ4n) is 2.39. The molecule has 2 aromatic rings. The van der Waals surface area contributed by atoms with Gasteiger partial charge in [0.05, 0.1) is 16.4 Å². The number of aromatic nitrogens is 2. The molecule has 0 N–H and O–H groups in total. The number of anilines is 1. The number of piperazine rings is 1. The van der Waals surface area contributed by atoms with E-state index >= 15 is 0 Å². The van der Waals surface area contributed by atoms with Crippen molar-refractivity contribution in [2.24, 2.45) is 0 Å². The predicted octanol–water partition coefficient (Wildman–Crippen LogP) is 1.99. The van der Waals surface area contributed by atoms with Gasteiger partial charge in [-0.2, -0.15) is 0 Å². The highest BCUT2D eigenvalue weighted by atomic mass is 35.5. The van der Waals surface area contributed by atoms with Gasteiger partial charge in [-0.3, -0.25) is 9.78 Å². The second-order valence-electron chi connectivity index (χ2n) is 4.94. The molecular weight excluding hydrogens is 292 g/mol. The lowest BCUT2D eigenvalue weighted by atomic mass is 10.2. The van der Waals surface area contributed by atoms with Crippen LogP contribution in [0.25, 0.3) is 0 Å². The highest BCUT2D eigenvalue weighted by Crippen LogP contribution is 2.25. The molecule has 1 fully saturated rings. The molecule has 0 aliphatic carbocycles. The van der Waals surface area contributed by atoms with Crippen LogP contribution in [0.5, 0.6) is 0 Å². The number of carbonyl (C=O) groups is 1. The van der Waals surface area contributed by atoms with Gasteiger partial charge in [0.25, 0.3) is 5.91 Å². The number of nitrogens with zero attached hydrogens (tertiary/aromatic N) is 4. The fraction of sp³-hybridized carbons (Fsp3) is 0.357. The Morgan fingerprint density at radius 1 is 1.33 bits per heavy atom. The summed E-state index contributed by atoms with van der Waals surface area (Å²) in [6.45, 7) is 4.49. The Balaban J connectivity index is 1.65. The van der Waals surface area contributed by atoms with Crippen LogP contribution in [0.15, 0.2) is 29.0 Å². The van der Waals surface area contributed by atoms with E-state index in [0.717, 1.165) is 18.8 Å². The molecule has 3 heterocycles. The van der Waals surface area contributed by atoms with E-state index in [4.69, 9.17) is 16.1 Å². The number of hydrogen-bond acceptors (Lipinski definition) is 5. The minimum atomic E-state index is -0.115. The standard InChI is InChI=1S/C14H15ClN4O2/c1-10-8-13(21-17-10)14(20)19-6-4-18(5-7-19)12-2-3-16-9-11(12)15/h2-3,8-9H,4-7H2,1H3. The quantitative estimate of drug-likeness (QED) is 0.849. The van der Waals surface area contributed by atoms with Crippen LogP contribution < -0.4 is 4.90 Å². The Morgan fingerprint density at radius 2 is 2.10 bits per heavy atom. The van der Waals surface area contributed by atoms with Gasteiger partial charge in [0, 0.05) is 44.6 Å². The molecule has 1 aliphatic heterocycles. The van der Waals surface area contributed by atoms with Gasteiger partial charge in [-0.15, -0.1) is 0 Å². The second kappa shape index (κ2) is 5.73. The van der Waals surface area contributed by atoms with Crippen molar-refractivity contribution < 1.29 is 9.32 Å². The van der Waals surface area contributed by atoms with Crippen LogP contribution in [0.3, 0.4) is 0 Å². The number of aryl methyl sites for hydroxylation is 1. The van der Waals surface area contributed by atoms with Crippen LogP contribution >= 0.6 is 11.6 Å². The molecule has 0 saturated carbocycles. The summed E-state index contributed by atoms with van der Waals surface area (Å²) in [7, 11) is 0. The van der Waals surface area contributed by atoms with E-state index in [-0.39, 0.29) is 5.91 Å². The van der Waals surface area contributed by atoms with E-state index in [1.165, 1.54) is 0 Å². The largest absolute Gasteiger partial charge is 0.367 e. The topological polar surface area (TPSA) is 62.5 Å². The Morgan fingerprint density at radius 3 is 2.71 bits per heavy atom. The first-order valence-electron chi connectivity index (χ1n) is 6.72. The van der Waals surface area contributed by atoms with Gasteiger partial charge in [0.15, 0.2) is 0 Å². The minimum Gasteiger partial charge on any atom is -0.367 e. The van der Waals surface area contributed by atoms with Crippen molar-refractivity contribution in [2.45, 2.75) is 6.92 Å². The predicted molar refractivity (Wildman–Crippen MR) is 78.6 cm³/mol. The molecule has 0 aromatic carbocycles. The Labute approximate surface area is 127 Å². The molecule has 0 unspecified atom stereocenters. The molecule has 21 heavy (non-hydrogen) atoms. The molecule has 0 spiro atoms. The molecule has 2 aromatic heterocycles. The summed E-state index contributed by atoms with van der Waals surface area (Å²) in [6.07, 6.45) is 3.35. The van der Waals surface area contributed by atoms with E-state index in [0.29, 0.717) is 29.6 Å². The van der Waals surface area contributed by atoms with Crippen molar-refractivity contribution in [3.63, 3.8) is 0 Å². The van der Waals surface area contributed by atoms with Crippen LogP contribution in [0.4, 0.5) is 5.69 Å². The second-order valence-corrected chi connectivity index (χ2v) is 5.35. The maximum atomic E-state index is 12.3. The van der Waals surface area contributed by atoms with Crippen molar-refractivity contribution in [3.8, 4) is 0 Å². The molecule has 1 amide bonds. The molecule has 3 rings (SSSR count). The fourth-order valence-corrected chi connectivity index (χ4v) is 2.63. The highest BCUT2D eigenvalue weighted by Gasteiger charge is 2.25. The van der Waals surface area contributed by atoms with Gasteiger partial charge in [-0.1, -0.05) is 16.8 Å². The molecule has 0 atom stereocenters. The zero-order chi connectivity index (χ0) is 14.8. The van der Waals surface area contributed by atoms with Gasteiger partial charge in [-0.05, 0) is 13.0 Å². The van der Waals surface area contributed by atoms with Crippen LogP contribution in [0.2, 0.25) is 5.02 Å². The average molecular weight is 307 g/mol. The molecule has 110 valence electrons. The van der Waals surface area contributed by atoms with E-state index < -0.39 is 0 Å². The molecule has 1 saturated heterocycles. The smallest absolute Gasteiger partial charge is 0.292 e. The first-order chi connectivity index (χ1) is 10.1. The number of halogens is 1. The Hall–Kier alpha value is -2.08. The molecule has 1 aliphatic rings. The maximum absolute atomic E-state index is 12.3. The lowest BCUT2D eigenvalue weighted by Gasteiger charge is -2.35. The molecule has 6 nitrogen and oxygen atoms in total. The minimum absolute atomic E-state index is 0.115. The lowest BCUT2D eigenvalue weighted by Crippen LogP contribution is -2.48. The van der Waals surface area contributed by atoms with E-state index in [9.17, 15) is 4.79 Å². The van der Waals surface area contributed by atoms with E-state index in [1.54, 1.807) is 30.3 Å². The third-order valence-corrected chi connectivity index (χ3v) is 3.79. The highest BCUT2D eigenvalue weighted by molar-refractivity contribution is 6.33. The SMILES string of the molecule is Cc1cc(C(=O)N2CCN(c3ccncc3Cl)CC2)on1. The van der Waals surface area contributed by atoms with Crippen molar-refractivity contribution in [3.05, 3.63) is 41.0 Å². The third kappa shape index (κ3) is 2.85. The van der Waals surface area contributed by atoms with Crippen LogP contribution in [-0.2, 0) is 0 Å². The average Bonchev–Trinajstić information content (AvgIpc) is 2.94. The summed E-state index contributed by atoms with van der Waals surface area (Å²) in [5, 5.41) is 4.38. The van der Waals surface area contributed by atoms with E-state index in [1.807, 2.05) is 6.07 Å². The van der Waals surface area contributed by atoms with Crippen LogP contribution in [0.1, 0.15) is 16.2 Å². The lowest BCUT2D eigenvalue weighted by molar-refractivity contribution is 0.0705. The number of rotatable bonds is 2. The number of hydrogen-bond donors (Lipinski definition) is 0. The number of pyridine rings is 1. The molecular formula is C14H15ClN4O2. The third-order valence-electron chi connectivity index (χ3n) is 3.50. The molecule has 7 heteroatoms. The van der Waals surface area contributed by atoms with E-state index in [2.05, 4.69) is 15.0 Å². The molecule has 0 bridgehead atoms. The number of carbonyl (C=O) groups excluding carboxylic acids is 1. The Bertz CT molecular complexity index is 650. The summed E-state index contributed by atoms with van der Waals surface area (Å²) < 4.78 is 5.03. The van der Waals surface area contributed by atoms with Crippen molar-refractivity contribution >= 4 is 23.2 Å². The zero-order valence-corrected chi connectivity index (χ0v) is 12.4. The summed E-state index contributed by atoms with van der Waals surface area (Å²) >= 11 is 6.15. The molecule has 0 radical (unpaired) electrons. The monoisotopic (exact) mass is 306 g/mol. The van der Waals surface area contributed by atoms with Crippen LogP contribution in [-0.4, -0.2) is 47.1 Å². The van der Waals surface area contributed by atoms with Gasteiger partial charge >= 0.3 is 0 Å². The van der Waals surface area contributed by atoms with Crippen molar-refractivity contribution in [2.75, 3.05) is 31.1 Å². The van der Waals surface area contributed by atoms with Crippen molar-refractivity contribution in [1.82, 2.24) is 15.0 Å². The number of amides is 1. The summed E-state index contributed by atoms with van der Waals surface area (Å²) in [5.74, 6) is 0.180. The first kappa shape index (κ1) is 13.9. The zero-order valence-electron chi connectivity index (χ0n) is 11.6. The van der Waals surface area contributed by atoms with Crippen LogP contribution in [0, 0.1) is 6.92 Å². The first-order valence-corrected chi connectivity index (χ1v) is 7.10. The maximum Gasteiger partial charge on any atom is 0.292 e. The summed E-state index contributed by atoms with van der Waals surface area (Å²) in [5.41, 5.74) is 1.66. The Kier molecular flexibility index (Phi) is 3.79. The van der Waals surface area contributed by atoms with Gasteiger partial charge in [0.1, 0.15) is 0 Å². The van der Waals surface area contributed by atoms with Gasteiger partial charge in [0.2, 0.25) is 5.76 Å². The van der Waals surface area contributed by atoms with Gasteiger partial charge < -0.3 is 14.3 Å². The summed E-state index contributed by atoms with van der Waals surface area (Å²) in [4.78, 5) is 20.2. The normalized spacial score (nSPS) is 15.3. The van der Waals surface area contributed by atoms with Crippen molar-refractivity contribution in [1.29, 1.82) is 0 Å². The van der Waals surface area contributed by atoms with Gasteiger partial charge in [-0.25, -0.2) is 0 Å².